The highest BCUT2D eigenvalue weighted by atomic mass is 16.2. The summed E-state index contributed by atoms with van der Waals surface area (Å²) in [5.74, 6) is 1.32. The van der Waals surface area contributed by atoms with Crippen molar-refractivity contribution in [2.24, 2.45) is 11.3 Å². The van der Waals surface area contributed by atoms with Crippen molar-refractivity contribution in [1.82, 2.24) is 19.9 Å². The van der Waals surface area contributed by atoms with E-state index < -0.39 is 0 Å². The zero-order valence-electron chi connectivity index (χ0n) is 16.5. The van der Waals surface area contributed by atoms with Crippen molar-refractivity contribution in [2.45, 2.75) is 90.0 Å². The van der Waals surface area contributed by atoms with Crippen LogP contribution >= 0.6 is 0 Å². The summed E-state index contributed by atoms with van der Waals surface area (Å²) < 4.78 is 2.09. The molecule has 2 saturated carbocycles. The first-order valence-electron chi connectivity index (χ1n) is 10.9. The number of hydrogen-bond acceptors (Lipinski definition) is 3. The highest BCUT2D eigenvalue weighted by Crippen LogP contribution is 2.58. The summed E-state index contributed by atoms with van der Waals surface area (Å²) in [6.07, 6.45) is 14.2. The first kappa shape index (κ1) is 18.0. The van der Waals surface area contributed by atoms with Gasteiger partial charge in [0.25, 0.3) is 0 Å². The van der Waals surface area contributed by atoms with Crippen molar-refractivity contribution in [3.63, 3.8) is 0 Å². The van der Waals surface area contributed by atoms with Gasteiger partial charge < -0.3 is 4.90 Å². The second-order valence-corrected chi connectivity index (χ2v) is 8.84. The standard InChI is InChI=1S/C21H34N4O/c1-3-21(4-2)14-18(21)20(26)24-12-10-17(11-13-24)25-15-19(22-23-25)16-8-6-5-7-9-16/h15-18H,3-14H2,1-2H3/t18-/m1/s1. The Morgan fingerprint density at radius 1 is 1.12 bits per heavy atom. The maximum atomic E-state index is 12.8. The quantitative estimate of drug-likeness (QED) is 0.788. The van der Waals surface area contributed by atoms with E-state index >= 15 is 0 Å². The van der Waals surface area contributed by atoms with Crippen molar-refractivity contribution >= 4 is 5.91 Å². The van der Waals surface area contributed by atoms with Crippen LogP contribution in [0.4, 0.5) is 0 Å². The third kappa shape index (κ3) is 3.29. The summed E-state index contributed by atoms with van der Waals surface area (Å²) in [6.45, 7) is 6.22. The molecule has 1 aliphatic heterocycles. The smallest absolute Gasteiger partial charge is 0.226 e. The molecule has 144 valence electrons. The van der Waals surface area contributed by atoms with Gasteiger partial charge in [-0.25, -0.2) is 4.68 Å². The Morgan fingerprint density at radius 3 is 2.42 bits per heavy atom. The minimum atomic E-state index is 0.290. The molecule has 0 aromatic carbocycles. The van der Waals surface area contributed by atoms with Crippen LogP contribution < -0.4 is 0 Å². The molecular weight excluding hydrogens is 324 g/mol. The Morgan fingerprint density at radius 2 is 1.81 bits per heavy atom. The minimum absolute atomic E-state index is 0.290. The highest BCUT2D eigenvalue weighted by Gasteiger charge is 2.56. The average Bonchev–Trinajstić information content (AvgIpc) is 3.24. The average molecular weight is 359 g/mol. The normalized spacial score (nSPS) is 26.8. The van der Waals surface area contributed by atoms with Crippen molar-refractivity contribution in [3.8, 4) is 0 Å². The summed E-state index contributed by atoms with van der Waals surface area (Å²) >= 11 is 0. The van der Waals surface area contributed by atoms with E-state index in [0.717, 1.165) is 45.2 Å². The molecule has 26 heavy (non-hydrogen) atoms. The van der Waals surface area contributed by atoms with Crippen LogP contribution in [0.2, 0.25) is 0 Å². The molecule has 1 aromatic heterocycles. The van der Waals surface area contributed by atoms with Crippen LogP contribution in [-0.4, -0.2) is 38.9 Å². The van der Waals surface area contributed by atoms with E-state index in [4.69, 9.17) is 0 Å². The molecule has 0 bridgehead atoms. The number of carbonyl (C=O) groups excluding carboxylic acids is 1. The number of amides is 1. The van der Waals surface area contributed by atoms with Crippen LogP contribution in [0.25, 0.3) is 0 Å². The summed E-state index contributed by atoms with van der Waals surface area (Å²) in [4.78, 5) is 15.0. The van der Waals surface area contributed by atoms with E-state index in [-0.39, 0.29) is 0 Å². The first-order chi connectivity index (χ1) is 12.7. The van der Waals surface area contributed by atoms with E-state index in [9.17, 15) is 4.79 Å². The predicted octanol–water partition coefficient (Wildman–Crippen LogP) is 4.32. The largest absolute Gasteiger partial charge is 0.342 e. The number of carbonyl (C=O) groups is 1. The van der Waals surface area contributed by atoms with Crippen molar-refractivity contribution in [3.05, 3.63) is 11.9 Å². The van der Waals surface area contributed by atoms with Crippen LogP contribution in [0.15, 0.2) is 6.20 Å². The molecule has 0 radical (unpaired) electrons. The Kier molecular flexibility index (Phi) is 5.07. The molecule has 0 unspecified atom stereocenters. The Bertz CT molecular complexity index is 622. The van der Waals surface area contributed by atoms with Gasteiger partial charge in [-0.05, 0) is 50.4 Å². The van der Waals surface area contributed by atoms with E-state index in [1.54, 1.807) is 0 Å². The topological polar surface area (TPSA) is 51.0 Å². The molecule has 3 fully saturated rings. The Balaban J connectivity index is 1.31. The van der Waals surface area contributed by atoms with Gasteiger partial charge in [-0.15, -0.1) is 5.10 Å². The summed E-state index contributed by atoms with van der Waals surface area (Å²) in [7, 11) is 0. The fourth-order valence-corrected chi connectivity index (χ4v) is 5.35. The van der Waals surface area contributed by atoms with E-state index in [0.29, 0.717) is 29.2 Å². The van der Waals surface area contributed by atoms with Crippen LogP contribution in [0.5, 0.6) is 0 Å². The van der Waals surface area contributed by atoms with Crippen LogP contribution in [-0.2, 0) is 4.79 Å². The Hall–Kier alpha value is -1.39. The molecule has 0 N–H and O–H groups in total. The molecule has 1 atom stereocenters. The lowest BCUT2D eigenvalue weighted by Gasteiger charge is -2.32. The monoisotopic (exact) mass is 358 g/mol. The molecule has 1 saturated heterocycles. The molecule has 4 rings (SSSR count). The van der Waals surface area contributed by atoms with E-state index in [2.05, 4.69) is 39.9 Å². The predicted molar refractivity (Wildman–Crippen MR) is 102 cm³/mol. The van der Waals surface area contributed by atoms with Gasteiger partial charge in [0.05, 0.1) is 11.7 Å². The number of aromatic nitrogens is 3. The van der Waals surface area contributed by atoms with E-state index in [1.807, 2.05) is 0 Å². The SMILES string of the molecule is CCC1(CC)C[C@@H]1C(=O)N1CCC(n2cc(C3CCCCC3)nn2)CC1. The molecule has 1 aromatic rings. The van der Waals surface area contributed by atoms with Gasteiger partial charge in [-0.3, -0.25) is 4.79 Å². The lowest BCUT2D eigenvalue weighted by Crippen LogP contribution is -2.40. The second kappa shape index (κ2) is 7.32. The number of likely N-dealkylation sites (tertiary alicyclic amines) is 1. The van der Waals surface area contributed by atoms with Crippen molar-refractivity contribution < 1.29 is 4.79 Å². The molecule has 5 nitrogen and oxygen atoms in total. The van der Waals surface area contributed by atoms with Gasteiger partial charge >= 0.3 is 0 Å². The highest BCUT2D eigenvalue weighted by molar-refractivity contribution is 5.82. The molecule has 5 heteroatoms. The van der Waals surface area contributed by atoms with Gasteiger partial charge in [-0.1, -0.05) is 38.3 Å². The lowest BCUT2D eigenvalue weighted by atomic mass is 9.87. The number of piperidine rings is 1. The third-order valence-corrected chi connectivity index (χ3v) is 7.60. The van der Waals surface area contributed by atoms with Crippen molar-refractivity contribution in [1.29, 1.82) is 0 Å². The first-order valence-corrected chi connectivity index (χ1v) is 10.9. The fourth-order valence-electron chi connectivity index (χ4n) is 5.35. The van der Waals surface area contributed by atoms with Gasteiger partial charge in [0.1, 0.15) is 0 Å². The second-order valence-electron chi connectivity index (χ2n) is 8.84. The molecule has 2 heterocycles. The zero-order valence-corrected chi connectivity index (χ0v) is 16.5. The minimum Gasteiger partial charge on any atom is -0.342 e. The maximum absolute atomic E-state index is 12.8. The van der Waals surface area contributed by atoms with Crippen LogP contribution in [0, 0.1) is 11.3 Å². The van der Waals surface area contributed by atoms with Gasteiger partial charge in [0.15, 0.2) is 0 Å². The summed E-state index contributed by atoms with van der Waals surface area (Å²) in [5.41, 5.74) is 1.51. The van der Waals surface area contributed by atoms with Gasteiger partial charge in [-0.2, -0.15) is 0 Å². The van der Waals surface area contributed by atoms with Crippen molar-refractivity contribution in [2.75, 3.05) is 13.1 Å². The molecule has 0 spiro atoms. The summed E-state index contributed by atoms with van der Waals surface area (Å²) in [6, 6.07) is 0.408. The van der Waals surface area contributed by atoms with Crippen LogP contribution in [0.3, 0.4) is 0 Å². The maximum Gasteiger partial charge on any atom is 0.226 e. The molecule has 1 amide bonds. The molecular formula is C21H34N4O. The summed E-state index contributed by atoms with van der Waals surface area (Å²) in [5, 5.41) is 8.93. The van der Waals surface area contributed by atoms with Crippen LogP contribution in [0.1, 0.15) is 95.7 Å². The number of rotatable bonds is 5. The number of nitrogens with zero attached hydrogens (tertiary/aromatic N) is 4. The number of hydrogen-bond donors (Lipinski definition) is 0. The van der Waals surface area contributed by atoms with Gasteiger partial charge in [0.2, 0.25) is 5.91 Å². The lowest BCUT2D eigenvalue weighted by molar-refractivity contribution is -0.134. The molecule has 2 aliphatic carbocycles. The zero-order chi connectivity index (χ0) is 18.1. The third-order valence-electron chi connectivity index (χ3n) is 7.60. The fraction of sp³-hybridized carbons (Fsp3) is 0.857. The van der Waals surface area contributed by atoms with E-state index in [1.165, 1.54) is 37.8 Å². The molecule has 3 aliphatic rings. The van der Waals surface area contributed by atoms with Gasteiger partial charge in [0, 0.05) is 31.1 Å². The Labute approximate surface area is 157 Å².